The summed E-state index contributed by atoms with van der Waals surface area (Å²) >= 11 is 0. The SMILES string of the molecule is CC[C@@H]1N[C@@H](C)CC1(c1ccccc1)c1ccccc1. The molecule has 0 bridgehead atoms. The van der Waals surface area contributed by atoms with Crippen molar-refractivity contribution in [2.24, 2.45) is 0 Å². The van der Waals surface area contributed by atoms with Gasteiger partial charge in [0.25, 0.3) is 0 Å². The number of nitrogens with one attached hydrogen (secondary N) is 1. The summed E-state index contributed by atoms with van der Waals surface area (Å²) in [5, 5.41) is 3.79. The van der Waals surface area contributed by atoms with Crippen molar-refractivity contribution in [1.82, 2.24) is 5.32 Å². The molecule has 0 radical (unpaired) electrons. The molecule has 104 valence electrons. The second kappa shape index (κ2) is 5.41. The monoisotopic (exact) mass is 265 g/mol. The Bertz CT molecular complexity index is 507. The lowest BCUT2D eigenvalue weighted by Gasteiger charge is -2.36. The van der Waals surface area contributed by atoms with Gasteiger partial charge in [0, 0.05) is 17.5 Å². The summed E-state index contributed by atoms with van der Waals surface area (Å²) in [7, 11) is 0. The Morgan fingerprint density at radius 2 is 1.45 bits per heavy atom. The topological polar surface area (TPSA) is 12.0 Å². The summed E-state index contributed by atoms with van der Waals surface area (Å²) in [6, 6.07) is 23.1. The van der Waals surface area contributed by atoms with Crippen molar-refractivity contribution in [3.05, 3.63) is 71.8 Å². The molecule has 20 heavy (non-hydrogen) atoms. The molecule has 0 spiro atoms. The molecule has 0 aromatic heterocycles. The van der Waals surface area contributed by atoms with Gasteiger partial charge < -0.3 is 5.32 Å². The highest BCUT2D eigenvalue weighted by Gasteiger charge is 2.47. The van der Waals surface area contributed by atoms with Gasteiger partial charge in [-0.05, 0) is 30.9 Å². The maximum Gasteiger partial charge on any atom is 0.0370 e. The van der Waals surface area contributed by atoms with E-state index in [1.807, 2.05) is 0 Å². The van der Waals surface area contributed by atoms with Gasteiger partial charge in [-0.25, -0.2) is 0 Å². The summed E-state index contributed by atoms with van der Waals surface area (Å²) in [4.78, 5) is 0. The van der Waals surface area contributed by atoms with E-state index in [1.54, 1.807) is 0 Å². The van der Waals surface area contributed by atoms with Crippen LogP contribution in [0.3, 0.4) is 0 Å². The molecular formula is C19H23N. The minimum Gasteiger partial charge on any atom is -0.310 e. The van der Waals surface area contributed by atoms with Gasteiger partial charge in [0.15, 0.2) is 0 Å². The highest BCUT2D eigenvalue weighted by atomic mass is 15.0. The van der Waals surface area contributed by atoms with E-state index in [-0.39, 0.29) is 5.41 Å². The molecular weight excluding hydrogens is 242 g/mol. The maximum atomic E-state index is 3.79. The number of hydrogen-bond acceptors (Lipinski definition) is 1. The fourth-order valence-corrected chi connectivity index (χ4v) is 3.91. The van der Waals surface area contributed by atoms with Crippen LogP contribution in [0.25, 0.3) is 0 Å². The molecule has 1 heterocycles. The average molecular weight is 265 g/mol. The van der Waals surface area contributed by atoms with Crippen molar-refractivity contribution in [2.45, 2.75) is 44.2 Å². The van der Waals surface area contributed by atoms with Crippen LogP contribution < -0.4 is 5.32 Å². The fourth-order valence-electron chi connectivity index (χ4n) is 3.91. The zero-order valence-corrected chi connectivity index (χ0v) is 12.3. The minimum absolute atomic E-state index is 0.108. The minimum atomic E-state index is 0.108. The summed E-state index contributed by atoms with van der Waals surface area (Å²) in [6.45, 7) is 4.59. The molecule has 1 N–H and O–H groups in total. The van der Waals surface area contributed by atoms with Gasteiger partial charge >= 0.3 is 0 Å². The molecule has 1 aliphatic heterocycles. The second-order valence-corrected chi connectivity index (χ2v) is 5.94. The Hall–Kier alpha value is -1.60. The molecule has 3 rings (SSSR count). The number of benzene rings is 2. The highest BCUT2D eigenvalue weighted by Crippen LogP contribution is 2.44. The van der Waals surface area contributed by atoms with Crippen molar-refractivity contribution in [2.75, 3.05) is 0 Å². The molecule has 0 unspecified atom stereocenters. The van der Waals surface area contributed by atoms with E-state index in [0.29, 0.717) is 12.1 Å². The predicted molar refractivity (Wildman–Crippen MR) is 85.0 cm³/mol. The predicted octanol–water partition coefficient (Wildman–Crippen LogP) is 4.13. The molecule has 1 fully saturated rings. The molecule has 0 aliphatic carbocycles. The van der Waals surface area contributed by atoms with E-state index in [0.717, 1.165) is 6.42 Å². The van der Waals surface area contributed by atoms with Crippen LogP contribution in [-0.4, -0.2) is 12.1 Å². The summed E-state index contributed by atoms with van der Waals surface area (Å²) < 4.78 is 0. The molecule has 1 saturated heterocycles. The van der Waals surface area contributed by atoms with Gasteiger partial charge in [-0.3, -0.25) is 0 Å². The van der Waals surface area contributed by atoms with Crippen LogP contribution in [0.2, 0.25) is 0 Å². The third-order valence-corrected chi connectivity index (χ3v) is 4.69. The molecule has 1 aliphatic rings. The van der Waals surface area contributed by atoms with Crippen LogP contribution in [0.4, 0.5) is 0 Å². The Morgan fingerprint density at radius 1 is 0.950 bits per heavy atom. The van der Waals surface area contributed by atoms with Gasteiger partial charge in [-0.15, -0.1) is 0 Å². The summed E-state index contributed by atoms with van der Waals surface area (Å²) in [6.07, 6.45) is 2.31. The molecule has 2 aromatic carbocycles. The lowest BCUT2D eigenvalue weighted by molar-refractivity contribution is 0.423. The Balaban J connectivity index is 2.18. The van der Waals surface area contributed by atoms with Crippen molar-refractivity contribution in [1.29, 1.82) is 0 Å². The first-order valence-electron chi connectivity index (χ1n) is 7.64. The van der Waals surface area contributed by atoms with E-state index < -0.39 is 0 Å². The summed E-state index contributed by atoms with van der Waals surface area (Å²) in [5.74, 6) is 0. The molecule has 0 saturated carbocycles. The average Bonchev–Trinajstić information content (AvgIpc) is 2.87. The molecule has 1 heteroatoms. The lowest BCUT2D eigenvalue weighted by atomic mass is 9.68. The Morgan fingerprint density at radius 3 is 1.90 bits per heavy atom. The van der Waals surface area contributed by atoms with Crippen LogP contribution in [0, 0.1) is 0 Å². The summed E-state index contributed by atoms with van der Waals surface area (Å²) in [5.41, 5.74) is 2.99. The molecule has 2 atom stereocenters. The van der Waals surface area contributed by atoms with Crippen LogP contribution >= 0.6 is 0 Å². The Kier molecular flexibility index (Phi) is 3.62. The van der Waals surface area contributed by atoms with Crippen LogP contribution in [0.5, 0.6) is 0 Å². The van der Waals surface area contributed by atoms with Crippen LogP contribution in [0.1, 0.15) is 37.8 Å². The largest absolute Gasteiger partial charge is 0.310 e. The third-order valence-electron chi connectivity index (χ3n) is 4.69. The standard InChI is InChI=1S/C19H23N/c1-3-18-19(14-15(2)20-18,16-10-6-4-7-11-16)17-12-8-5-9-13-17/h4-13,15,18,20H,3,14H2,1-2H3/t15-,18-/m0/s1. The van der Waals surface area contributed by atoms with E-state index in [4.69, 9.17) is 0 Å². The van der Waals surface area contributed by atoms with Gasteiger partial charge in [0.1, 0.15) is 0 Å². The molecule has 2 aromatic rings. The van der Waals surface area contributed by atoms with Crippen molar-refractivity contribution < 1.29 is 0 Å². The van der Waals surface area contributed by atoms with Crippen molar-refractivity contribution >= 4 is 0 Å². The third kappa shape index (κ3) is 2.06. The first-order valence-corrected chi connectivity index (χ1v) is 7.64. The zero-order chi connectivity index (χ0) is 14.0. The second-order valence-electron chi connectivity index (χ2n) is 5.94. The van der Waals surface area contributed by atoms with Gasteiger partial charge in [0.05, 0.1) is 0 Å². The highest BCUT2D eigenvalue weighted by molar-refractivity contribution is 5.43. The zero-order valence-electron chi connectivity index (χ0n) is 12.3. The van der Waals surface area contributed by atoms with E-state index in [9.17, 15) is 0 Å². The lowest BCUT2D eigenvalue weighted by Crippen LogP contribution is -2.41. The Labute approximate surface area is 122 Å². The molecule has 1 nitrogen and oxygen atoms in total. The smallest absolute Gasteiger partial charge is 0.0370 e. The van der Waals surface area contributed by atoms with E-state index in [1.165, 1.54) is 17.5 Å². The fraction of sp³-hybridized carbons (Fsp3) is 0.368. The quantitative estimate of drug-likeness (QED) is 0.879. The van der Waals surface area contributed by atoms with Gasteiger partial charge in [-0.2, -0.15) is 0 Å². The van der Waals surface area contributed by atoms with E-state index in [2.05, 4.69) is 79.8 Å². The first-order chi connectivity index (χ1) is 9.77. The van der Waals surface area contributed by atoms with Crippen molar-refractivity contribution in [3.63, 3.8) is 0 Å². The van der Waals surface area contributed by atoms with Gasteiger partial charge in [-0.1, -0.05) is 67.6 Å². The maximum absolute atomic E-state index is 3.79. The van der Waals surface area contributed by atoms with Crippen LogP contribution in [-0.2, 0) is 5.41 Å². The number of hydrogen-bond donors (Lipinski definition) is 1. The van der Waals surface area contributed by atoms with Crippen molar-refractivity contribution in [3.8, 4) is 0 Å². The van der Waals surface area contributed by atoms with Crippen LogP contribution in [0.15, 0.2) is 60.7 Å². The first kappa shape index (κ1) is 13.4. The number of rotatable bonds is 3. The van der Waals surface area contributed by atoms with Gasteiger partial charge in [0.2, 0.25) is 0 Å². The molecule has 0 amide bonds. The van der Waals surface area contributed by atoms with E-state index >= 15 is 0 Å². The normalized spacial score (nSPS) is 24.7.